The number of piperazine rings is 2. The molecular formula is C78H104Cl2N12O13S2. The number of carbonyl (C=O) groups is 4. The summed E-state index contributed by atoms with van der Waals surface area (Å²) in [4.78, 5) is 70.7. The van der Waals surface area contributed by atoms with Gasteiger partial charge in [0.05, 0.1) is 60.7 Å². The van der Waals surface area contributed by atoms with Crippen LogP contribution in [0.5, 0.6) is 11.5 Å². The molecule has 580 valence electrons. The molecule has 2 aliphatic carbocycles. The van der Waals surface area contributed by atoms with Gasteiger partial charge in [-0.05, 0) is 199 Å². The highest BCUT2D eigenvalue weighted by Gasteiger charge is 2.47. The number of carboxylic acid groups (broad SMARTS) is 1. The molecule has 6 aromatic rings. The molecule has 107 heavy (non-hydrogen) atoms. The zero-order chi connectivity index (χ0) is 74.0. The molecule has 8 heterocycles. The summed E-state index contributed by atoms with van der Waals surface area (Å²) in [7, 11) is -4.74. The molecule has 0 bridgehead atoms. The first-order chi connectivity index (χ1) is 50.6. The number of hydrogen-bond donors (Lipinski definition) is 4. The Morgan fingerprint density at radius 1 is 0.523 bits per heavy atom. The average Bonchev–Trinajstić information content (AvgIpc) is 1.44. The number of amides is 3. The van der Waals surface area contributed by atoms with Crippen LogP contribution < -0.4 is 34.0 Å². The molecule has 6 aliphatic heterocycles. The largest absolute Gasteiger partial charge is 0.497 e. The minimum atomic E-state index is -3.96. The van der Waals surface area contributed by atoms with Crippen molar-refractivity contribution >= 4 is 79.9 Å². The third-order valence-corrected chi connectivity index (χ3v) is 26.5. The van der Waals surface area contributed by atoms with Gasteiger partial charge in [0.2, 0.25) is 5.91 Å². The van der Waals surface area contributed by atoms with Crippen molar-refractivity contribution in [3.63, 3.8) is 0 Å². The summed E-state index contributed by atoms with van der Waals surface area (Å²) in [5, 5.41) is 18.7. The van der Waals surface area contributed by atoms with E-state index in [9.17, 15) is 36.0 Å². The molecule has 25 nitrogen and oxygen atoms in total. The number of hydrogen-bond acceptors (Lipinski definition) is 19. The Balaban J connectivity index is 0.000000187. The number of methoxy groups -OCH3 is 2. The number of rotatable bonds is 24. The van der Waals surface area contributed by atoms with Gasteiger partial charge in [-0.1, -0.05) is 36.4 Å². The van der Waals surface area contributed by atoms with Crippen LogP contribution in [0.15, 0.2) is 132 Å². The van der Waals surface area contributed by atoms with Gasteiger partial charge >= 0.3 is 5.97 Å². The lowest BCUT2D eigenvalue weighted by atomic mass is 9.84. The highest BCUT2D eigenvalue weighted by atomic mass is 35.5. The Morgan fingerprint density at radius 3 is 1.27 bits per heavy atom. The smallest absolute Gasteiger partial charge is 0.329 e. The van der Waals surface area contributed by atoms with Crippen molar-refractivity contribution in [3.8, 4) is 11.5 Å². The van der Waals surface area contributed by atoms with E-state index in [-0.39, 0.29) is 83.2 Å². The third kappa shape index (κ3) is 19.2. The molecule has 2 aromatic heterocycles. The first-order valence-corrected chi connectivity index (χ1v) is 39.8. The monoisotopic (exact) mass is 1550 g/mol. The normalized spacial score (nSPS) is 20.1. The van der Waals surface area contributed by atoms with Crippen molar-refractivity contribution in [2.24, 2.45) is 0 Å². The minimum absolute atomic E-state index is 0. The summed E-state index contributed by atoms with van der Waals surface area (Å²) in [6.07, 6.45) is 16.6. The van der Waals surface area contributed by atoms with Gasteiger partial charge < -0.3 is 44.9 Å². The van der Waals surface area contributed by atoms with Gasteiger partial charge in [-0.25, -0.2) is 21.6 Å². The van der Waals surface area contributed by atoms with Crippen molar-refractivity contribution in [2.75, 3.05) is 141 Å². The Bertz CT molecular complexity index is 4220. The fourth-order valence-corrected chi connectivity index (χ4v) is 20.7. The number of aryl methyl sites for hydroxylation is 4. The quantitative estimate of drug-likeness (QED) is 0.0456. The van der Waals surface area contributed by atoms with Crippen LogP contribution in [0.25, 0.3) is 0 Å². The number of sulfonamides is 2. The van der Waals surface area contributed by atoms with E-state index in [1.54, 1.807) is 120 Å². The second-order valence-electron chi connectivity index (χ2n) is 29.1. The van der Waals surface area contributed by atoms with Crippen molar-refractivity contribution in [1.29, 1.82) is 0 Å². The van der Waals surface area contributed by atoms with E-state index in [2.05, 4.69) is 45.5 Å². The minimum Gasteiger partial charge on any atom is -0.497 e. The maximum absolute atomic E-state index is 14.3. The number of halogens is 2. The van der Waals surface area contributed by atoms with Crippen molar-refractivity contribution in [3.05, 3.63) is 166 Å². The predicted octanol–water partition coefficient (Wildman–Crippen LogP) is 7.51. The number of carbonyl (C=O) groups excluding carboxylic acids is 3. The van der Waals surface area contributed by atoms with Crippen LogP contribution in [0.2, 0.25) is 0 Å². The molecule has 0 spiro atoms. The summed E-state index contributed by atoms with van der Waals surface area (Å²) < 4.78 is 80.8. The first kappa shape index (κ1) is 82.0. The number of carboxylic acids is 1. The molecule has 14 rings (SSSR count). The van der Waals surface area contributed by atoms with Crippen molar-refractivity contribution < 1.29 is 60.1 Å². The topological polar surface area (TPSA) is 278 Å². The lowest BCUT2D eigenvalue weighted by Crippen LogP contribution is -2.65. The summed E-state index contributed by atoms with van der Waals surface area (Å²) >= 11 is 0. The zero-order valence-electron chi connectivity index (χ0n) is 62.2. The van der Waals surface area contributed by atoms with Crippen molar-refractivity contribution in [1.82, 2.24) is 50.4 Å². The second-order valence-corrected chi connectivity index (χ2v) is 32.6. The summed E-state index contributed by atoms with van der Waals surface area (Å²) in [6, 6.07) is 29.2. The maximum Gasteiger partial charge on any atom is 0.329 e. The summed E-state index contributed by atoms with van der Waals surface area (Å²) in [5.41, 5.74) is 6.57. The van der Waals surface area contributed by atoms with Crippen LogP contribution in [0.4, 0.5) is 11.4 Å². The lowest BCUT2D eigenvalue weighted by Gasteiger charge is -2.51. The Hall–Kier alpha value is -7.54. The SMILES string of the molecule is COc1cc(C)c(S(=O)(=O)N2c3ccccc3C[C@H]2COCC(=O)N2CCC(CNC(=O)c3ccncc3)(N3CCN(C4CC4)CC3)CC2)c(C)c1.COc1cc(C)c(S(=O)(=O)N2c3ccccc3C[C@H]2COCC(=O)O)c(C)c1.Cl.Cl.O=C(NCC1(N2CCN(C3CC3)CC2)CCNCC1)c1ccncc1. The van der Waals surface area contributed by atoms with E-state index in [4.69, 9.17) is 24.1 Å². The fraction of sp³-hybridized carbons (Fsp3) is 0.513. The lowest BCUT2D eigenvalue weighted by molar-refractivity contribution is -0.142. The third-order valence-electron chi connectivity index (χ3n) is 22.2. The van der Waals surface area contributed by atoms with E-state index in [0.29, 0.717) is 88.7 Å². The van der Waals surface area contributed by atoms with Gasteiger partial charge in [-0.2, -0.15) is 0 Å². The van der Waals surface area contributed by atoms with Gasteiger partial charge in [0, 0.05) is 138 Å². The highest BCUT2D eigenvalue weighted by molar-refractivity contribution is 7.93. The summed E-state index contributed by atoms with van der Waals surface area (Å²) in [5.74, 6) is -0.108. The molecule has 6 fully saturated rings. The van der Waals surface area contributed by atoms with Gasteiger partial charge in [-0.15, -0.1) is 24.8 Å². The standard InChI is InChI=1S/C39H50N6O6S.C20H23NO6S.C19H29N5O.2ClH/c1-28-22-34(50-3)23-29(2)37(28)52(48,49)45-33(24-31-6-4-5-7-35(31)45)25-51-26-36(46)43-16-12-39(13-17-43,27-41-38(47)30-10-14-40-15-11-30)44-20-18-42(19-21-44)32-8-9-32;1-13-8-17(26-3)9-14(2)20(13)28(24,25)21-16(11-27-12-19(22)23)10-15-6-4-5-7-18(15)21;25-18(16-3-7-20-8-4-16)22-15-19(5-9-21-10-6-19)24-13-11-23(12-14-24)17-1-2-17;;/h4-7,10-11,14-15,22-23,32-33H,8-9,12-13,16-21,24-27H2,1-3H3,(H,41,47);4-9,16H,10-12H2,1-3H3,(H,22,23);3-4,7-8,17,21H,1-2,5-6,9-15H2,(H,22,25);2*1H/t33-;16-;;;/m00.../s1. The van der Waals surface area contributed by atoms with E-state index >= 15 is 0 Å². The highest BCUT2D eigenvalue weighted by Crippen LogP contribution is 2.42. The molecule has 0 unspecified atom stereocenters. The number of aliphatic carboxylic acids is 1. The van der Waals surface area contributed by atoms with Gasteiger partial charge in [-0.3, -0.25) is 52.6 Å². The molecule has 0 radical (unpaired) electrons. The van der Waals surface area contributed by atoms with Gasteiger partial charge in [0.15, 0.2) is 0 Å². The number of fused-ring (bicyclic) bond motifs is 2. The Kier molecular flexibility index (Phi) is 27.8. The predicted molar refractivity (Wildman–Crippen MR) is 415 cm³/mol. The molecule has 8 aliphatic rings. The zero-order valence-corrected chi connectivity index (χ0v) is 65.4. The van der Waals surface area contributed by atoms with Crippen LogP contribution in [0, 0.1) is 27.7 Å². The molecule has 4 aromatic carbocycles. The molecule has 4 N–H and O–H groups in total. The summed E-state index contributed by atoms with van der Waals surface area (Å²) in [6.45, 7) is 19.5. The van der Waals surface area contributed by atoms with Gasteiger partial charge in [0.1, 0.15) is 24.7 Å². The average molecular weight is 1550 g/mol. The molecular weight excluding hydrogens is 1450 g/mol. The number of piperidine rings is 2. The number of pyridine rings is 2. The van der Waals surface area contributed by atoms with E-state index in [1.807, 2.05) is 41.3 Å². The van der Waals surface area contributed by atoms with E-state index in [1.165, 1.54) is 54.5 Å². The molecule has 2 saturated carbocycles. The van der Waals surface area contributed by atoms with Crippen molar-refractivity contribution in [2.45, 2.75) is 137 Å². The molecule has 29 heteroatoms. The molecule has 4 saturated heterocycles. The number of nitrogens with zero attached hydrogens (tertiary/aromatic N) is 9. The Labute approximate surface area is 642 Å². The van der Waals surface area contributed by atoms with Crippen LogP contribution in [-0.4, -0.2) is 248 Å². The number of aromatic nitrogens is 2. The number of anilines is 2. The Morgan fingerprint density at radius 2 is 0.897 bits per heavy atom. The van der Waals surface area contributed by atoms with E-state index < -0.39 is 44.7 Å². The van der Waals surface area contributed by atoms with E-state index in [0.717, 1.165) is 108 Å². The van der Waals surface area contributed by atoms with Gasteiger partial charge in [0.25, 0.3) is 31.9 Å². The number of benzene rings is 4. The molecule has 3 amide bonds. The number of likely N-dealkylation sites (tertiary alicyclic amines) is 1. The second kappa shape index (κ2) is 36.3. The van der Waals surface area contributed by atoms with Crippen LogP contribution in [0.3, 0.4) is 0 Å². The van der Waals surface area contributed by atoms with Crippen LogP contribution in [0.1, 0.15) is 105 Å². The van der Waals surface area contributed by atoms with Crippen LogP contribution >= 0.6 is 24.8 Å². The van der Waals surface area contributed by atoms with Crippen LogP contribution in [-0.2, 0) is 52.0 Å². The number of nitrogens with one attached hydrogen (secondary N) is 3. The maximum atomic E-state index is 14.3. The first-order valence-electron chi connectivity index (χ1n) is 36.9. The number of para-hydroxylation sites is 2. The molecule has 2 atom stereocenters. The fourth-order valence-electron chi connectivity index (χ4n) is 16.5. The number of ether oxygens (including phenoxy) is 4.